The summed E-state index contributed by atoms with van der Waals surface area (Å²) in [7, 11) is 0. The average molecular weight is 227 g/mol. The molecule has 1 saturated carbocycles. The highest BCUT2D eigenvalue weighted by molar-refractivity contribution is 4.81. The fraction of sp³-hybridized carbons (Fsp3) is 1.00. The second kappa shape index (κ2) is 5.03. The highest BCUT2D eigenvalue weighted by Crippen LogP contribution is 2.35. The number of hydrogen-bond acceptors (Lipinski definition) is 1. The summed E-state index contributed by atoms with van der Waals surface area (Å²) in [5.41, 5.74) is -1.03. The van der Waals surface area contributed by atoms with E-state index < -0.39 is 5.67 Å². The molecule has 0 radical (unpaired) electrons. The third kappa shape index (κ3) is 3.73. The molecule has 1 aliphatic heterocycles. The molecule has 2 heteroatoms. The second-order valence-electron chi connectivity index (χ2n) is 6.47. The van der Waals surface area contributed by atoms with Crippen molar-refractivity contribution >= 4 is 0 Å². The number of likely N-dealkylation sites (tertiary alicyclic amines) is 1. The largest absolute Gasteiger partial charge is 0.300 e. The molecule has 1 aliphatic carbocycles. The van der Waals surface area contributed by atoms with Crippen LogP contribution in [0.2, 0.25) is 0 Å². The molecule has 1 heterocycles. The second-order valence-corrected chi connectivity index (χ2v) is 6.47. The van der Waals surface area contributed by atoms with Crippen LogP contribution in [-0.4, -0.2) is 30.2 Å². The van der Waals surface area contributed by atoms with Gasteiger partial charge in [-0.1, -0.05) is 19.3 Å². The molecule has 0 aromatic carbocycles. The number of nitrogens with zero attached hydrogens (tertiary/aromatic N) is 1. The Labute approximate surface area is 99.4 Å². The van der Waals surface area contributed by atoms with Gasteiger partial charge in [0.25, 0.3) is 0 Å². The Bertz CT molecular complexity index is 209. The molecule has 1 saturated heterocycles. The van der Waals surface area contributed by atoms with E-state index in [1.165, 1.54) is 38.5 Å². The summed E-state index contributed by atoms with van der Waals surface area (Å²) in [6, 6.07) is 0. The Morgan fingerprint density at radius 3 is 2.06 bits per heavy atom. The van der Waals surface area contributed by atoms with Crippen molar-refractivity contribution in [1.29, 1.82) is 0 Å². The van der Waals surface area contributed by atoms with E-state index in [-0.39, 0.29) is 0 Å². The van der Waals surface area contributed by atoms with Gasteiger partial charge in [0, 0.05) is 6.54 Å². The molecule has 0 unspecified atom stereocenters. The van der Waals surface area contributed by atoms with E-state index in [1.807, 2.05) is 0 Å². The third-order valence-electron chi connectivity index (χ3n) is 4.20. The van der Waals surface area contributed by atoms with Crippen LogP contribution in [0.1, 0.15) is 52.4 Å². The van der Waals surface area contributed by atoms with Crippen molar-refractivity contribution in [3.8, 4) is 0 Å². The molecule has 0 atom stereocenters. The zero-order valence-electron chi connectivity index (χ0n) is 10.8. The fourth-order valence-corrected chi connectivity index (χ4v) is 3.11. The lowest BCUT2D eigenvalue weighted by Gasteiger charge is -2.37. The predicted octanol–water partition coefficient (Wildman–Crippen LogP) is 3.64. The summed E-state index contributed by atoms with van der Waals surface area (Å²) in [6.45, 7) is 6.22. The Kier molecular flexibility index (Phi) is 3.89. The van der Waals surface area contributed by atoms with Crippen LogP contribution in [0.15, 0.2) is 0 Å². The number of rotatable bonds is 4. The zero-order chi connectivity index (χ0) is 11.6. The normalized spacial score (nSPS) is 25.7. The molecular formula is C14H26FN. The molecule has 1 nitrogen and oxygen atoms in total. The molecule has 2 aliphatic rings. The Morgan fingerprint density at radius 1 is 1.06 bits per heavy atom. The molecular weight excluding hydrogens is 201 g/mol. The van der Waals surface area contributed by atoms with Crippen LogP contribution in [0, 0.1) is 11.8 Å². The smallest absolute Gasteiger partial charge is 0.118 e. The molecule has 16 heavy (non-hydrogen) atoms. The van der Waals surface area contributed by atoms with Crippen molar-refractivity contribution in [2.24, 2.45) is 11.8 Å². The maximum absolute atomic E-state index is 13.5. The fourth-order valence-electron chi connectivity index (χ4n) is 3.11. The summed E-state index contributed by atoms with van der Waals surface area (Å²) < 4.78 is 13.5. The van der Waals surface area contributed by atoms with Crippen molar-refractivity contribution in [3.63, 3.8) is 0 Å². The summed E-state index contributed by atoms with van der Waals surface area (Å²) in [5.74, 6) is 1.97. The van der Waals surface area contributed by atoms with Crippen LogP contribution in [-0.2, 0) is 0 Å². The molecule has 0 aromatic heterocycles. The standard InChI is InChI=1S/C14H26FN/c1-14(2,15)11-16-8-6-13(7-9-16)10-12-4-3-5-12/h12-13H,3-11H2,1-2H3. The minimum absolute atomic E-state index is 0.614. The van der Waals surface area contributed by atoms with E-state index in [0.29, 0.717) is 6.54 Å². The van der Waals surface area contributed by atoms with Crippen LogP contribution in [0.5, 0.6) is 0 Å². The monoisotopic (exact) mass is 227 g/mol. The SMILES string of the molecule is CC(C)(F)CN1CCC(CC2CCC2)CC1. The van der Waals surface area contributed by atoms with E-state index in [2.05, 4.69) is 4.90 Å². The van der Waals surface area contributed by atoms with Crippen molar-refractivity contribution in [1.82, 2.24) is 4.90 Å². The first kappa shape index (κ1) is 12.3. The molecule has 2 fully saturated rings. The van der Waals surface area contributed by atoms with E-state index in [1.54, 1.807) is 13.8 Å². The van der Waals surface area contributed by atoms with Crippen molar-refractivity contribution < 1.29 is 4.39 Å². The van der Waals surface area contributed by atoms with Crippen molar-refractivity contribution in [2.75, 3.05) is 19.6 Å². The van der Waals surface area contributed by atoms with Crippen LogP contribution >= 0.6 is 0 Å². The lowest BCUT2D eigenvalue weighted by molar-refractivity contribution is 0.0862. The molecule has 94 valence electrons. The van der Waals surface area contributed by atoms with Gasteiger partial charge in [-0.3, -0.25) is 0 Å². The highest BCUT2D eigenvalue weighted by Gasteiger charge is 2.27. The maximum Gasteiger partial charge on any atom is 0.118 e. The van der Waals surface area contributed by atoms with Gasteiger partial charge in [-0.05, 0) is 58.0 Å². The van der Waals surface area contributed by atoms with Gasteiger partial charge in [0.15, 0.2) is 0 Å². The van der Waals surface area contributed by atoms with E-state index in [4.69, 9.17) is 0 Å². The van der Waals surface area contributed by atoms with Crippen LogP contribution < -0.4 is 0 Å². The molecule has 0 amide bonds. The van der Waals surface area contributed by atoms with E-state index >= 15 is 0 Å². The summed E-state index contributed by atoms with van der Waals surface area (Å²) in [5, 5.41) is 0. The highest BCUT2D eigenvalue weighted by atomic mass is 19.1. The molecule has 0 bridgehead atoms. The van der Waals surface area contributed by atoms with Gasteiger partial charge >= 0.3 is 0 Å². The molecule has 0 aromatic rings. The number of piperidine rings is 1. The molecule has 2 rings (SSSR count). The maximum atomic E-state index is 13.5. The zero-order valence-corrected chi connectivity index (χ0v) is 10.8. The Hall–Kier alpha value is -0.110. The van der Waals surface area contributed by atoms with Gasteiger partial charge in [0.05, 0.1) is 0 Å². The van der Waals surface area contributed by atoms with Gasteiger partial charge < -0.3 is 4.90 Å². The van der Waals surface area contributed by atoms with Gasteiger partial charge in [0.2, 0.25) is 0 Å². The van der Waals surface area contributed by atoms with E-state index in [0.717, 1.165) is 24.9 Å². The minimum atomic E-state index is -1.03. The predicted molar refractivity (Wildman–Crippen MR) is 66.3 cm³/mol. The lowest BCUT2D eigenvalue weighted by atomic mass is 9.76. The van der Waals surface area contributed by atoms with Crippen molar-refractivity contribution in [3.05, 3.63) is 0 Å². The quantitative estimate of drug-likeness (QED) is 0.709. The number of alkyl halides is 1. The topological polar surface area (TPSA) is 3.24 Å². The molecule has 0 spiro atoms. The Morgan fingerprint density at radius 2 is 1.62 bits per heavy atom. The minimum Gasteiger partial charge on any atom is -0.300 e. The van der Waals surface area contributed by atoms with Crippen molar-refractivity contribution in [2.45, 2.75) is 58.0 Å². The van der Waals surface area contributed by atoms with Crippen LogP contribution in [0.4, 0.5) is 4.39 Å². The van der Waals surface area contributed by atoms with E-state index in [9.17, 15) is 4.39 Å². The first-order valence-corrected chi connectivity index (χ1v) is 6.94. The average Bonchev–Trinajstić information content (AvgIpc) is 2.11. The molecule has 0 N–H and O–H groups in total. The van der Waals surface area contributed by atoms with Gasteiger partial charge in [-0.2, -0.15) is 0 Å². The first-order valence-electron chi connectivity index (χ1n) is 6.94. The lowest BCUT2D eigenvalue weighted by Crippen LogP contribution is -2.41. The summed E-state index contributed by atoms with van der Waals surface area (Å²) in [4.78, 5) is 2.30. The summed E-state index contributed by atoms with van der Waals surface area (Å²) in [6.07, 6.45) is 8.45. The summed E-state index contributed by atoms with van der Waals surface area (Å²) >= 11 is 0. The van der Waals surface area contributed by atoms with Gasteiger partial charge in [-0.25, -0.2) is 4.39 Å². The first-order chi connectivity index (χ1) is 7.53. The number of hydrogen-bond donors (Lipinski definition) is 0. The Balaban J connectivity index is 1.65. The van der Waals surface area contributed by atoms with Crippen LogP contribution in [0.25, 0.3) is 0 Å². The van der Waals surface area contributed by atoms with Gasteiger partial charge in [0.1, 0.15) is 5.67 Å². The van der Waals surface area contributed by atoms with Gasteiger partial charge in [-0.15, -0.1) is 0 Å². The third-order valence-corrected chi connectivity index (χ3v) is 4.20. The number of halogens is 1. The van der Waals surface area contributed by atoms with Crippen LogP contribution in [0.3, 0.4) is 0 Å².